The molecule has 0 heterocycles. The monoisotopic (exact) mass is 438 g/mol. The predicted octanol–water partition coefficient (Wildman–Crippen LogP) is 8.62. The summed E-state index contributed by atoms with van der Waals surface area (Å²) in [4.78, 5) is 12.8. The second kappa shape index (κ2) is 6.97. The van der Waals surface area contributed by atoms with E-state index < -0.39 is 0 Å². The van der Waals surface area contributed by atoms with Crippen molar-refractivity contribution in [2.24, 2.45) is 56.7 Å². The molecule has 5 aliphatic carbocycles. The molecule has 0 aromatic carbocycles. The summed E-state index contributed by atoms with van der Waals surface area (Å²) in [6, 6.07) is 0. The molecule has 1 heteroatoms. The van der Waals surface area contributed by atoms with Crippen molar-refractivity contribution in [1.82, 2.24) is 0 Å². The van der Waals surface area contributed by atoms with Crippen LogP contribution < -0.4 is 0 Å². The average Bonchev–Trinajstić information content (AvgIpc) is 3.31. The Bertz CT molecular complexity index is 820. The molecule has 0 aliphatic heterocycles. The Hall–Kier alpha value is -0.590. The van der Waals surface area contributed by atoms with Gasteiger partial charge in [0, 0.05) is 11.8 Å². The summed E-state index contributed by atoms with van der Waals surface area (Å²) in [6.07, 6.45) is 14.5. The zero-order valence-corrected chi connectivity index (χ0v) is 22.3. The minimum absolute atomic E-state index is 0.0834. The van der Waals surface area contributed by atoms with E-state index in [2.05, 4.69) is 55.0 Å². The number of allylic oxidation sites excluding steroid dienone is 1. The van der Waals surface area contributed by atoms with Gasteiger partial charge in [0.2, 0.25) is 0 Å². The lowest BCUT2D eigenvalue weighted by Gasteiger charge is -2.62. The van der Waals surface area contributed by atoms with Crippen molar-refractivity contribution < 1.29 is 4.79 Å². The Kier molecular flexibility index (Phi) is 5.05. The van der Waals surface area contributed by atoms with Crippen LogP contribution in [0.15, 0.2) is 12.2 Å². The number of rotatable bonds is 5. The van der Waals surface area contributed by atoms with Gasteiger partial charge in [0.05, 0.1) is 0 Å². The molecule has 8 atom stereocenters. The smallest absolute Gasteiger partial charge is 0.138 e. The first kappa shape index (κ1) is 23.2. The number of fused-ring (bicyclic) bond motifs is 2. The Labute approximate surface area is 198 Å². The standard InChI is InChI=1S/C31H50O/c1-20(2)21(3)9-10-22(4)23-13-15-29(8)25-12-11-24-27(5,6)26(32)14-16-30(24)19-31(25,30)18-17-28(23,29)7/h20,22-25H,3,9-19H2,1-2,4-8H3/t22-,23-,24-,25+,28-,29+,30-,31+/m1/s1. The first-order chi connectivity index (χ1) is 14.9. The molecule has 0 aromatic rings. The SMILES string of the molecule is C=C(CC[C@@H](C)[C@H]1CC[C@@]2(C)[C@@H]3CC[C@@H]4C(C)(C)C(=O)CC[C@@]45C[C@@]35CC[C@]12C)C(C)C. The van der Waals surface area contributed by atoms with E-state index in [4.69, 9.17) is 0 Å². The minimum atomic E-state index is -0.0834. The second-order valence-electron chi connectivity index (χ2n) is 14.6. The fourth-order valence-electron chi connectivity index (χ4n) is 11.0. The largest absolute Gasteiger partial charge is 0.299 e. The molecule has 1 nitrogen and oxygen atoms in total. The van der Waals surface area contributed by atoms with Crippen LogP contribution in [0.2, 0.25) is 0 Å². The Morgan fingerprint density at radius 1 is 0.906 bits per heavy atom. The Morgan fingerprint density at radius 3 is 2.25 bits per heavy atom. The van der Waals surface area contributed by atoms with E-state index in [1.54, 1.807) is 0 Å². The van der Waals surface area contributed by atoms with Gasteiger partial charge in [-0.15, -0.1) is 0 Å². The van der Waals surface area contributed by atoms with E-state index in [1.165, 1.54) is 69.8 Å². The van der Waals surface area contributed by atoms with Gasteiger partial charge in [-0.05, 0) is 115 Å². The summed E-state index contributed by atoms with van der Waals surface area (Å²) in [7, 11) is 0. The van der Waals surface area contributed by atoms with Gasteiger partial charge in [0.25, 0.3) is 0 Å². The summed E-state index contributed by atoms with van der Waals surface area (Å²) in [5.41, 5.74) is 3.44. The first-order valence-corrected chi connectivity index (χ1v) is 14.1. The molecule has 5 saturated carbocycles. The third-order valence-corrected chi connectivity index (χ3v) is 13.3. The van der Waals surface area contributed by atoms with Crippen molar-refractivity contribution in [3.8, 4) is 0 Å². The van der Waals surface area contributed by atoms with Crippen molar-refractivity contribution >= 4 is 5.78 Å². The molecule has 32 heavy (non-hydrogen) atoms. The lowest BCUT2D eigenvalue weighted by molar-refractivity contribution is -0.157. The van der Waals surface area contributed by atoms with Crippen LogP contribution in [0.4, 0.5) is 0 Å². The maximum Gasteiger partial charge on any atom is 0.138 e. The molecule has 0 saturated heterocycles. The van der Waals surface area contributed by atoms with Crippen LogP contribution in [0.25, 0.3) is 0 Å². The number of ketones is 1. The molecule has 5 fully saturated rings. The van der Waals surface area contributed by atoms with Gasteiger partial charge < -0.3 is 0 Å². The molecule has 0 aromatic heterocycles. The van der Waals surface area contributed by atoms with E-state index in [1.807, 2.05) is 0 Å². The number of Topliss-reactive ketones (excluding diaryl/α,β-unsaturated/α-hetero) is 1. The summed E-state index contributed by atoms with van der Waals surface area (Å²) >= 11 is 0. The fraction of sp³-hybridized carbons (Fsp3) is 0.903. The summed E-state index contributed by atoms with van der Waals surface area (Å²) in [5.74, 6) is 4.41. The van der Waals surface area contributed by atoms with E-state index in [0.717, 1.165) is 24.2 Å². The van der Waals surface area contributed by atoms with Crippen LogP contribution in [-0.2, 0) is 4.79 Å². The summed E-state index contributed by atoms with van der Waals surface area (Å²) in [6.45, 7) is 21.5. The molecule has 0 N–H and O–H groups in total. The molecule has 180 valence electrons. The fourth-order valence-corrected chi connectivity index (χ4v) is 11.0. The first-order valence-electron chi connectivity index (χ1n) is 14.1. The molecule has 0 bridgehead atoms. The molecule has 0 unspecified atom stereocenters. The van der Waals surface area contributed by atoms with Gasteiger partial charge in [0.15, 0.2) is 0 Å². The van der Waals surface area contributed by atoms with Crippen molar-refractivity contribution in [2.75, 3.05) is 0 Å². The zero-order chi connectivity index (χ0) is 23.3. The molecular weight excluding hydrogens is 388 g/mol. The zero-order valence-electron chi connectivity index (χ0n) is 22.3. The minimum Gasteiger partial charge on any atom is -0.299 e. The quantitative estimate of drug-likeness (QED) is 0.393. The van der Waals surface area contributed by atoms with Crippen LogP contribution in [-0.4, -0.2) is 5.78 Å². The van der Waals surface area contributed by atoms with E-state index in [-0.39, 0.29) is 5.41 Å². The third kappa shape index (κ3) is 2.66. The topological polar surface area (TPSA) is 17.1 Å². The van der Waals surface area contributed by atoms with Gasteiger partial charge in [-0.25, -0.2) is 0 Å². The highest BCUT2D eigenvalue weighted by Crippen LogP contribution is 2.88. The van der Waals surface area contributed by atoms with Crippen molar-refractivity contribution in [3.63, 3.8) is 0 Å². The number of hydrogen-bond acceptors (Lipinski definition) is 1. The Morgan fingerprint density at radius 2 is 1.56 bits per heavy atom. The molecule has 5 rings (SSSR count). The third-order valence-electron chi connectivity index (χ3n) is 13.3. The Balaban J connectivity index is 1.39. The number of hydrogen-bond donors (Lipinski definition) is 0. The lowest BCUT2D eigenvalue weighted by Crippen LogP contribution is -2.57. The van der Waals surface area contributed by atoms with Gasteiger partial charge in [-0.1, -0.05) is 60.6 Å². The summed E-state index contributed by atoms with van der Waals surface area (Å²) < 4.78 is 0. The molecule has 2 spiro atoms. The van der Waals surface area contributed by atoms with Gasteiger partial charge in [-0.3, -0.25) is 4.79 Å². The molecule has 5 aliphatic rings. The lowest BCUT2D eigenvalue weighted by atomic mass is 9.42. The maximum atomic E-state index is 12.8. The summed E-state index contributed by atoms with van der Waals surface area (Å²) in [5, 5.41) is 0. The van der Waals surface area contributed by atoms with Gasteiger partial charge >= 0.3 is 0 Å². The number of carbonyl (C=O) groups excluding carboxylic acids is 1. The molecule has 0 amide bonds. The van der Waals surface area contributed by atoms with E-state index in [9.17, 15) is 4.79 Å². The highest BCUT2D eigenvalue weighted by Gasteiger charge is 2.82. The van der Waals surface area contributed by atoms with Crippen LogP contribution in [0.5, 0.6) is 0 Å². The van der Waals surface area contributed by atoms with E-state index >= 15 is 0 Å². The molecular formula is C31H50O. The van der Waals surface area contributed by atoms with Crippen LogP contribution >= 0.6 is 0 Å². The van der Waals surface area contributed by atoms with Crippen molar-refractivity contribution in [2.45, 2.75) is 119 Å². The second-order valence-corrected chi connectivity index (χ2v) is 14.6. The normalized spacial score (nSPS) is 49.6. The highest BCUT2D eigenvalue weighted by molar-refractivity contribution is 5.86. The van der Waals surface area contributed by atoms with Crippen molar-refractivity contribution in [1.29, 1.82) is 0 Å². The van der Waals surface area contributed by atoms with Crippen LogP contribution in [0, 0.1) is 56.7 Å². The highest BCUT2D eigenvalue weighted by atomic mass is 16.1. The van der Waals surface area contributed by atoms with Gasteiger partial charge in [0.1, 0.15) is 5.78 Å². The predicted molar refractivity (Wildman–Crippen MR) is 134 cm³/mol. The average molecular weight is 439 g/mol. The van der Waals surface area contributed by atoms with Crippen LogP contribution in [0.3, 0.4) is 0 Å². The number of carbonyl (C=O) groups is 1. The van der Waals surface area contributed by atoms with Gasteiger partial charge in [-0.2, -0.15) is 0 Å². The molecule has 0 radical (unpaired) electrons. The van der Waals surface area contributed by atoms with E-state index in [0.29, 0.717) is 39.3 Å². The van der Waals surface area contributed by atoms with Crippen molar-refractivity contribution in [3.05, 3.63) is 12.2 Å². The van der Waals surface area contributed by atoms with Crippen LogP contribution in [0.1, 0.15) is 119 Å². The maximum absolute atomic E-state index is 12.8.